The van der Waals surface area contributed by atoms with Crippen molar-refractivity contribution in [2.75, 3.05) is 26.2 Å². The summed E-state index contributed by atoms with van der Waals surface area (Å²) in [7, 11) is 0. The van der Waals surface area contributed by atoms with E-state index in [2.05, 4.69) is 16.2 Å². The Morgan fingerprint density at radius 3 is 2.59 bits per heavy atom. The molecule has 3 N–H and O–H groups in total. The number of hydrogen-bond donors (Lipinski definition) is 3. The van der Waals surface area contributed by atoms with Crippen LogP contribution in [-0.4, -0.2) is 43.0 Å². The van der Waals surface area contributed by atoms with Crippen LogP contribution in [0.3, 0.4) is 0 Å². The summed E-state index contributed by atoms with van der Waals surface area (Å²) in [5, 5.41) is 4.15. The van der Waals surface area contributed by atoms with Crippen LogP contribution < -0.4 is 16.2 Å². The number of carbonyl (C=O) groups is 1. The van der Waals surface area contributed by atoms with Crippen LogP contribution in [0.2, 0.25) is 5.02 Å². The quantitative estimate of drug-likeness (QED) is 0.759. The van der Waals surface area contributed by atoms with Crippen molar-refractivity contribution in [1.29, 1.82) is 0 Å². The maximum absolute atomic E-state index is 12.7. The molecular weight excluding hydrogens is 300 g/mol. The van der Waals surface area contributed by atoms with E-state index in [-0.39, 0.29) is 18.0 Å². The number of hydrogen-bond acceptors (Lipinski definition) is 4. The summed E-state index contributed by atoms with van der Waals surface area (Å²) in [5.74, 6) is 1.49. The average molecular weight is 321 g/mol. The lowest BCUT2D eigenvalue weighted by atomic mass is 10.0. The molecule has 5 nitrogen and oxygen atoms in total. The molecule has 3 aliphatic heterocycles. The smallest absolute Gasteiger partial charge is 0.241 e. The standard InChI is InChI=1S/C16H21ClN4O/c17-13-4-2-1-3-12(13)14-5-15(20-19-14)16(22)21-8-10-6-18-7-11(10)9-21/h1-4,10-11,14-15,18-20H,5-9H2/t10-,11+,14?,15?. The predicted molar refractivity (Wildman–Crippen MR) is 85.3 cm³/mol. The molecule has 3 saturated heterocycles. The van der Waals surface area contributed by atoms with Gasteiger partial charge in [-0.3, -0.25) is 4.79 Å². The van der Waals surface area contributed by atoms with Gasteiger partial charge in [0.05, 0.1) is 0 Å². The highest BCUT2D eigenvalue weighted by Gasteiger charge is 2.41. The molecule has 22 heavy (non-hydrogen) atoms. The van der Waals surface area contributed by atoms with Crippen LogP contribution in [-0.2, 0) is 4.79 Å². The van der Waals surface area contributed by atoms with Gasteiger partial charge in [0.1, 0.15) is 6.04 Å². The van der Waals surface area contributed by atoms with E-state index in [0.717, 1.165) is 43.2 Å². The largest absolute Gasteiger partial charge is 0.341 e. The number of benzene rings is 1. The fourth-order valence-corrected chi connectivity index (χ4v) is 4.20. The molecule has 3 heterocycles. The van der Waals surface area contributed by atoms with Crippen LogP contribution in [0.25, 0.3) is 0 Å². The van der Waals surface area contributed by atoms with Gasteiger partial charge in [-0.2, -0.15) is 0 Å². The first-order valence-electron chi connectivity index (χ1n) is 7.97. The number of carbonyl (C=O) groups excluding carboxylic acids is 1. The number of nitrogens with zero attached hydrogens (tertiary/aromatic N) is 1. The molecular formula is C16H21ClN4O. The molecule has 1 aromatic rings. The summed E-state index contributed by atoms with van der Waals surface area (Å²) in [6.45, 7) is 3.89. The molecule has 1 amide bonds. The zero-order chi connectivity index (χ0) is 15.1. The SMILES string of the molecule is O=C(C1CC(c2ccccc2Cl)NN1)N1C[C@H]2CNC[C@H]2C1. The lowest BCUT2D eigenvalue weighted by Gasteiger charge is -2.21. The Kier molecular flexibility index (Phi) is 3.82. The summed E-state index contributed by atoms with van der Waals surface area (Å²) in [6.07, 6.45) is 0.743. The first kappa shape index (κ1) is 14.5. The fraction of sp³-hybridized carbons (Fsp3) is 0.562. The second-order valence-corrected chi connectivity index (χ2v) is 6.98. The third-order valence-electron chi connectivity index (χ3n) is 5.18. The van der Waals surface area contributed by atoms with Crippen LogP contribution in [0, 0.1) is 11.8 Å². The number of nitrogens with one attached hydrogen (secondary N) is 3. The molecule has 0 aromatic heterocycles. The summed E-state index contributed by atoms with van der Waals surface area (Å²) in [5.41, 5.74) is 7.43. The van der Waals surface area contributed by atoms with Crippen molar-refractivity contribution in [2.24, 2.45) is 11.8 Å². The van der Waals surface area contributed by atoms with Gasteiger partial charge in [-0.1, -0.05) is 29.8 Å². The van der Waals surface area contributed by atoms with Crippen molar-refractivity contribution >= 4 is 17.5 Å². The van der Waals surface area contributed by atoms with Crippen molar-refractivity contribution in [1.82, 2.24) is 21.1 Å². The van der Waals surface area contributed by atoms with Gasteiger partial charge in [0.25, 0.3) is 0 Å². The Balaban J connectivity index is 1.40. The molecule has 1 aromatic carbocycles. The van der Waals surface area contributed by atoms with Crippen molar-refractivity contribution < 1.29 is 4.79 Å². The molecule has 3 aliphatic rings. The molecule has 2 unspecified atom stereocenters. The molecule has 0 bridgehead atoms. The van der Waals surface area contributed by atoms with Gasteiger partial charge in [0, 0.05) is 37.2 Å². The zero-order valence-electron chi connectivity index (χ0n) is 12.4. The normalized spacial score (nSPS) is 34.1. The van der Waals surface area contributed by atoms with Crippen LogP contribution in [0.1, 0.15) is 18.0 Å². The molecule has 0 spiro atoms. The Morgan fingerprint density at radius 1 is 1.14 bits per heavy atom. The van der Waals surface area contributed by atoms with Gasteiger partial charge in [-0.15, -0.1) is 0 Å². The zero-order valence-corrected chi connectivity index (χ0v) is 13.1. The number of amides is 1. The van der Waals surface area contributed by atoms with Crippen molar-refractivity contribution in [3.63, 3.8) is 0 Å². The number of likely N-dealkylation sites (tertiary alicyclic amines) is 1. The first-order valence-corrected chi connectivity index (χ1v) is 8.35. The monoisotopic (exact) mass is 320 g/mol. The highest BCUT2D eigenvalue weighted by molar-refractivity contribution is 6.31. The van der Waals surface area contributed by atoms with Gasteiger partial charge in [0.2, 0.25) is 5.91 Å². The Hall–Kier alpha value is -1.14. The number of fused-ring (bicyclic) bond motifs is 1. The van der Waals surface area contributed by atoms with Crippen molar-refractivity contribution in [2.45, 2.75) is 18.5 Å². The maximum atomic E-state index is 12.7. The second kappa shape index (κ2) is 5.81. The number of rotatable bonds is 2. The molecule has 0 saturated carbocycles. The molecule has 6 heteroatoms. The van der Waals surface area contributed by atoms with Gasteiger partial charge >= 0.3 is 0 Å². The van der Waals surface area contributed by atoms with E-state index in [1.54, 1.807) is 0 Å². The third-order valence-corrected chi connectivity index (χ3v) is 5.53. The Bertz CT molecular complexity index is 569. The fourth-order valence-electron chi connectivity index (χ4n) is 3.94. The van der Waals surface area contributed by atoms with Crippen molar-refractivity contribution in [3.8, 4) is 0 Å². The Morgan fingerprint density at radius 2 is 1.86 bits per heavy atom. The molecule has 118 valence electrons. The minimum atomic E-state index is -0.159. The van der Waals surface area contributed by atoms with Crippen LogP contribution in [0.15, 0.2) is 24.3 Å². The van der Waals surface area contributed by atoms with E-state index in [9.17, 15) is 4.79 Å². The number of halogens is 1. The lowest BCUT2D eigenvalue weighted by Crippen LogP contribution is -2.45. The molecule has 4 rings (SSSR count). The number of hydrazine groups is 1. The molecule has 4 atom stereocenters. The molecule has 0 aliphatic carbocycles. The van der Waals surface area contributed by atoms with E-state index in [0.29, 0.717) is 11.8 Å². The Labute approximate surface area is 135 Å². The third kappa shape index (κ3) is 2.52. The van der Waals surface area contributed by atoms with E-state index in [1.165, 1.54) is 0 Å². The van der Waals surface area contributed by atoms with Gasteiger partial charge in [-0.25, -0.2) is 10.9 Å². The first-order chi connectivity index (χ1) is 10.7. The van der Waals surface area contributed by atoms with E-state index >= 15 is 0 Å². The van der Waals surface area contributed by atoms with Crippen molar-refractivity contribution in [3.05, 3.63) is 34.9 Å². The summed E-state index contributed by atoms with van der Waals surface area (Å²) in [6, 6.07) is 7.74. The summed E-state index contributed by atoms with van der Waals surface area (Å²) < 4.78 is 0. The van der Waals surface area contributed by atoms with Crippen LogP contribution >= 0.6 is 11.6 Å². The molecule has 0 radical (unpaired) electrons. The van der Waals surface area contributed by atoms with Gasteiger partial charge < -0.3 is 10.2 Å². The van der Waals surface area contributed by atoms with Gasteiger partial charge in [-0.05, 0) is 29.9 Å². The lowest BCUT2D eigenvalue weighted by molar-refractivity contribution is -0.132. The van der Waals surface area contributed by atoms with Crippen LogP contribution in [0.4, 0.5) is 0 Å². The average Bonchev–Trinajstić information content (AvgIpc) is 3.22. The van der Waals surface area contributed by atoms with Gasteiger partial charge in [0.15, 0.2) is 0 Å². The maximum Gasteiger partial charge on any atom is 0.241 e. The predicted octanol–water partition coefficient (Wildman–Crippen LogP) is 0.925. The second-order valence-electron chi connectivity index (χ2n) is 6.57. The highest BCUT2D eigenvalue weighted by atomic mass is 35.5. The van der Waals surface area contributed by atoms with E-state index in [4.69, 9.17) is 11.6 Å². The summed E-state index contributed by atoms with van der Waals surface area (Å²) in [4.78, 5) is 14.7. The van der Waals surface area contributed by atoms with E-state index < -0.39 is 0 Å². The van der Waals surface area contributed by atoms with E-state index in [1.807, 2.05) is 29.2 Å². The highest BCUT2D eigenvalue weighted by Crippen LogP contribution is 2.31. The minimum Gasteiger partial charge on any atom is -0.341 e. The summed E-state index contributed by atoms with van der Waals surface area (Å²) >= 11 is 6.25. The van der Waals surface area contributed by atoms with Crippen LogP contribution in [0.5, 0.6) is 0 Å². The topological polar surface area (TPSA) is 56.4 Å². The molecule has 3 fully saturated rings. The minimum absolute atomic E-state index is 0.0893.